The Bertz CT molecular complexity index is 1030. The first-order valence-corrected chi connectivity index (χ1v) is 7.62. The van der Waals surface area contributed by atoms with Crippen molar-refractivity contribution in [2.45, 2.75) is 6.54 Å². The van der Waals surface area contributed by atoms with Gasteiger partial charge in [0.1, 0.15) is 24.4 Å². The van der Waals surface area contributed by atoms with E-state index in [0.29, 0.717) is 5.69 Å². The largest absolute Gasteiger partial charge is 0.475 e. The van der Waals surface area contributed by atoms with Crippen molar-refractivity contribution in [2.75, 3.05) is 12.4 Å². The summed E-state index contributed by atoms with van der Waals surface area (Å²) in [4.78, 5) is 22.7. The van der Waals surface area contributed by atoms with E-state index in [1.807, 2.05) is 12.1 Å². The van der Waals surface area contributed by atoms with Gasteiger partial charge >= 0.3 is 11.6 Å². The molecule has 0 unspecified atom stereocenters. The van der Waals surface area contributed by atoms with Crippen LogP contribution < -0.4 is 10.1 Å². The van der Waals surface area contributed by atoms with E-state index in [-0.39, 0.29) is 29.5 Å². The molecule has 2 heterocycles. The van der Waals surface area contributed by atoms with Gasteiger partial charge in [0, 0.05) is 0 Å². The smallest absolute Gasteiger partial charge is 0.350 e. The van der Waals surface area contributed by atoms with Crippen molar-refractivity contribution in [1.29, 1.82) is 5.26 Å². The first kappa shape index (κ1) is 17.6. The second kappa shape index (κ2) is 7.36. The van der Waals surface area contributed by atoms with Gasteiger partial charge < -0.3 is 10.1 Å². The third-order valence-corrected chi connectivity index (χ3v) is 3.55. The summed E-state index contributed by atoms with van der Waals surface area (Å²) in [7, 11) is 1.25. The molecule has 3 aromatic rings. The first-order chi connectivity index (χ1) is 13.0. The quantitative estimate of drug-likeness (QED) is 0.514. The van der Waals surface area contributed by atoms with Crippen LogP contribution in [0.2, 0.25) is 0 Å². The molecule has 0 atom stereocenters. The van der Waals surface area contributed by atoms with Gasteiger partial charge in [-0.2, -0.15) is 10.4 Å². The summed E-state index contributed by atoms with van der Waals surface area (Å²) >= 11 is 0. The Morgan fingerprint density at radius 2 is 2.15 bits per heavy atom. The molecular formula is C16H13N7O4. The van der Waals surface area contributed by atoms with E-state index in [2.05, 4.69) is 15.5 Å². The number of benzene rings is 1. The highest BCUT2D eigenvalue weighted by Crippen LogP contribution is 2.24. The highest BCUT2D eigenvalue weighted by molar-refractivity contribution is 5.91. The zero-order valence-electron chi connectivity index (χ0n) is 14.1. The van der Waals surface area contributed by atoms with Crippen LogP contribution in [0.5, 0.6) is 5.88 Å². The molecule has 1 amide bonds. The van der Waals surface area contributed by atoms with Gasteiger partial charge in [-0.25, -0.2) is 4.68 Å². The second-order valence-corrected chi connectivity index (χ2v) is 5.29. The Labute approximate surface area is 152 Å². The van der Waals surface area contributed by atoms with E-state index < -0.39 is 10.8 Å². The number of nitriles is 1. The zero-order valence-corrected chi connectivity index (χ0v) is 14.1. The molecule has 0 saturated heterocycles. The Morgan fingerprint density at radius 1 is 1.41 bits per heavy atom. The maximum atomic E-state index is 12.4. The number of aromatic nitrogens is 4. The number of hydrogen-bond acceptors (Lipinski definition) is 7. The van der Waals surface area contributed by atoms with Gasteiger partial charge in [0.25, 0.3) is 0 Å². The van der Waals surface area contributed by atoms with E-state index in [1.54, 1.807) is 24.3 Å². The van der Waals surface area contributed by atoms with E-state index in [0.717, 1.165) is 10.9 Å². The molecule has 0 saturated carbocycles. The summed E-state index contributed by atoms with van der Waals surface area (Å²) in [6, 6.07) is 10.9. The topological polar surface area (TPSA) is 141 Å². The summed E-state index contributed by atoms with van der Waals surface area (Å²) in [6.07, 6.45) is 2.43. The van der Waals surface area contributed by atoms with Crippen LogP contribution in [-0.4, -0.2) is 37.5 Å². The minimum atomic E-state index is -0.654. The van der Waals surface area contributed by atoms with Gasteiger partial charge in [0.15, 0.2) is 5.82 Å². The molecule has 0 bridgehead atoms. The number of para-hydroxylation sites is 1. The van der Waals surface area contributed by atoms with Crippen LogP contribution in [0, 0.1) is 21.4 Å². The minimum absolute atomic E-state index is 0.177. The first-order valence-electron chi connectivity index (χ1n) is 7.62. The maximum absolute atomic E-state index is 12.4. The molecule has 0 aliphatic rings. The molecule has 0 spiro atoms. The number of methoxy groups -OCH3 is 1. The second-order valence-electron chi connectivity index (χ2n) is 5.29. The maximum Gasteiger partial charge on any atom is 0.350 e. The number of rotatable bonds is 6. The highest BCUT2D eigenvalue weighted by Gasteiger charge is 2.22. The molecule has 0 fully saturated rings. The Morgan fingerprint density at radius 3 is 2.74 bits per heavy atom. The molecular weight excluding hydrogens is 354 g/mol. The van der Waals surface area contributed by atoms with E-state index in [4.69, 9.17) is 4.74 Å². The number of amides is 1. The minimum Gasteiger partial charge on any atom is -0.475 e. The molecule has 11 heteroatoms. The average molecular weight is 367 g/mol. The number of hydrogen-bond donors (Lipinski definition) is 1. The average Bonchev–Trinajstić information content (AvgIpc) is 3.26. The van der Waals surface area contributed by atoms with Crippen LogP contribution >= 0.6 is 0 Å². The summed E-state index contributed by atoms with van der Waals surface area (Å²) in [6.45, 7) is -0.310. The van der Waals surface area contributed by atoms with Gasteiger partial charge in [-0.3, -0.25) is 19.6 Å². The van der Waals surface area contributed by atoms with E-state index >= 15 is 0 Å². The van der Waals surface area contributed by atoms with Gasteiger partial charge in [-0.1, -0.05) is 18.2 Å². The Balaban J connectivity index is 1.84. The molecule has 11 nitrogen and oxygen atoms in total. The van der Waals surface area contributed by atoms with Crippen LogP contribution in [0.1, 0.15) is 5.56 Å². The summed E-state index contributed by atoms with van der Waals surface area (Å²) < 4.78 is 7.33. The number of ether oxygens (including phenoxy) is 1. The van der Waals surface area contributed by atoms with Crippen LogP contribution in [0.25, 0.3) is 5.69 Å². The highest BCUT2D eigenvalue weighted by atomic mass is 16.6. The van der Waals surface area contributed by atoms with E-state index in [9.17, 15) is 20.2 Å². The summed E-state index contributed by atoms with van der Waals surface area (Å²) in [5, 5.41) is 30.8. The fraction of sp³-hybridized carbons (Fsp3) is 0.125. The van der Waals surface area contributed by atoms with E-state index in [1.165, 1.54) is 18.0 Å². The lowest BCUT2D eigenvalue weighted by atomic mass is 10.3. The van der Waals surface area contributed by atoms with Gasteiger partial charge in [0.2, 0.25) is 5.91 Å². The predicted molar refractivity (Wildman–Crippen MR) is 92.3 cm³/mol. The Kier molecular flexibility index (Phi) is 4.80. The van der Waals surface area contributed by atoms with Crippen molar-refractivity contribution >= 4 is 17.4 Å². The standard InChI is InChI=1S/C16H13N7O4/c1-27-16-13(23(25)26)9-21(20-16)10-14(24)19-15-11(7-17)8-18-22(15)12-5-3-2-4-6-12/h2-6,8-9H,10H2,1H3,(H,19,24). The van der Waals surface area contributed by atoms with Crippen molar-refractivity contribution in [1.82, 2.24) is 19.6 Å². The Hall–Kier alpha value is -4.20. The molecule has 1 N–H and O–H groups in total. The van der Waals surface area contributed by atoms with Crippen molar-refractivity contribution in [3.8, 4) is 17.6 Å². The number of carbonyl (C=O) groups excluding carboxylic acids is 1. The normalized spacial score (nSPS) is 10.2. The van der Waals surface area contributed by atoms with Gasteiger partial charge in [0.05, 0.1) is 23.9 Å². The van der Waals surface area contributed by atoms with Crippen LogP contribution in [-0.2, 0) is 11.3 Å². The summed E-state index contributed by atoms with van der Waals surface area (Å²) in [5.74, 6) is -0.536. The zero-order chi connectivity index (χ0) is 19.4. The molecule has 0 aliphatic heterocycles. The molecule has 27 heavy (non-hydrogen) atoms. The number of nitrogens with one attached hydrogen (secondary N) is 1. The molecule has 0 radical (unpaired) electrons. The lowest BCUT2D eigenvalue weighted by Gasteiger charge is -2.09. The lowest BCUT2D eigenvalue weighted by molar-refractivity contribution is -0.385. The summed E-state index contributed by atoms with van der Waals surface area (Å²) in [5.41, 5.74) is 0.485. The van der Waals surface area contributed by atoms with Gasteiger partial charge in [-0.05, 0) is 12.1 Å². The third-order valence-electron chi connectivity index (χ3n) is 3.55. The SMILES string of the molecule is COc1nn(CC(=O)Nc2c(C#N)cnn2-c2ccccc2)cc1[N+](=O)[O-]. The van der Waals surface area contributed by atoms with Crippen molar-refractivity contribution < 1.29 is 14.5 Å². The van der Waals surface area contributed by atoms with Crippen molar-refractivity contribution in [3.63, 3.8) is 0 Å². The van der Waals surface area contributed by atoms with Crippen LogP contribution in [0.4, 0.5) is 11.5 Å². The number of anilines is 1. The molecule has 3 rings (SSSR count). The van der Waals surface area contributed by atoms with Crippen molar-refractivity contribution in [3.05, 3.63) is 58.4 Å². The fourth-order valence-electron chi connectivity index (χ4n) is 2.38. The number of carbonyl (C=O) groups is 1. The molecule has 0 aliphatic carbocycles. The lowest BCUT2D eigenvalue weighted by Crippen LogP contribution is -2.21. The van der Waals surface area contributed by atoms with Crippen LogP contribution in [0.15, 0.2) is 42.7 Å². The number of nitro groups is 1. The molecule has 136 valence electrons. The third kappa shape index (κ3) is 3.59. The fourth-order valence-corrected chi connectivity index (χ4v) is 2.38. The molecule has 1 aromatic carbocycles. The van der Waals surface area contributed by atoms with Gasteiger partial charge in [-0.15, -0.1) is 5.10 Å². The van der Waals surface area contributed by atoms with Crippen molar-refractivity contribution in [2.24, 2.45) is 0 Å². The molecule has 2 aromatic heterocycles. The van der Waals surface area contributed by atoms with Crippen LogP contribution in [0.3, 0.4) is 0 Å². The number of nitrogens with zero attached hydrogens (tertiary/aromatic N) is 6. The predicted octanol–water partition coefficient (Wildman–Crippen LogP) is 1.50. The monoisotopic (exact) mass is 367 g/mol.